The highest BCUT2D eigenvalue weighted by Crippen LogP contribution is 2.34. The van der Waals surface area contributed by atoms with Gasteiger partial charge in [0, 0.05) is 19.3 Å². The zero-order valence-corrected chi connectivity index (χ0v) is 10.7. The van der Waals surface area contributed by atoms with Crippen LogP contribution < -0.4 is 5.32 Å². The molecular formula is C14H27NO. The van der Waals surface area contributed by atoms with E-state index in [4.69, 9.17) is 4.74 Å². The molecule has 0 aromatic carbocycles. The number of rotatable bonds is 5. The summed E-state index contributed by atoms with van der Waals surface area (Å²) in [6, 6.07) is 0.784. The van der Waals surface area contributed by atoms with Crippen molar-refractivity contribution in [1.82, 2.24) is 5.32 Å². The van der Waals surface area contributed by atoms with Crippen LogP contribution in [-0.4, -0.2) is 25.8 Å². The molecule has 1 N–H and O–H groups in total. The van der Waals surface area contributed by atoms with Crippen molar-refractivity contribution in [3.63, 3.8) is 0 Å². The molecule has 0 aromatic rings. The molecule has 0 amide bonds. The summed E-state index contributed by atoms with van der Waals surface area (Å²) >= 11 is 0. The van der Waals surface area contributed by atoms with E-state index in [2.05, 4.69) is 12.2 Å². The van der Waals surface area contributed by atoms with E-state index in [1.165, 1.54) is 51.5 Å². The molecule has 2 fully saturated rings. The van der Waals surface area contributed by atoms with Crippen molar-refractivity contribution in [2.24, 2.45) is 11.8 Å². The van der Waals surface area contributed by atoms with Crippen LogP contribution in [0.4, 0.5) is 0 Å². The van der Waals surface area contributed by atoms with Gasteiger partial charge in [0.15, 0.2) is 0 Å². The van der Waals surface area contributed by atoms with Crippen molar-refractivity contribution in [2.45, 2.75) is 57.9 Å². The van der Waals surface area contributed by atoms with Crippen LogP contribution in [0.5, 0.6) is 0 Å². The van der Waals surface area contributed by atoms with Gasteiger partial charge in [-0.25, -0.2) is 0 Å². The Bertz CT molecular complexity index is 183. The molecule has 2 heteroatoms. The number of hydrogen-bond acceptors (Lipinski definition) is 2. The predicted octanol–water partition coefficient (Wildman–Crippen LogP) is 2.97. The Balaban J connectivity index is 1.89. The standard InChI is InChI=1S/C14H27NO/c1-2-9-15-14(12-5-3-4-6-12)13-7-10-16-11-8-13/h12-15H,2-11H2,1H3. The second-order valence-electron chi connectivity index (χ2n) is 5.47. The third kappa shape index (κ3) is 3.21. The van der Waals surface area contributed by atoms with E-state index >= 15 is 0 Å². The van der Waals surface area contributed by atoms with Crippen LogP contribution in [0.25, 0.3) is 0 Å². The first-order valence-corrected chi connectivity index (χ1v) is 7.23. The fourth-order valence-electron chi connectivity index (χ4n) is 3.42. The molecule has 1 atom stereocenters. The maximum Gasteiger partial charge on any atom is 0.0469 e. The predicted molar refractivity (Wildman–Crippen MR) is 67.6 cm³/mol. The molecule has 16 heavy (non-hydrogen) atoms. The zero-order valence-electron chi connectivity index (χ0n) is 10.7. The van der Waals surface area contributed by atoms with E-state index in [1.54, 1.807) is 0 Å². The Morgan fingerprint density at radius 1 is 1.06 bits per heavy atom. The lowest BCUT2D eigenvalue weighted by molar-refractivity contribution is 0.0448. The molecule has 2 nitrogen and oxygen atoms in total. The van der Waals surface area contributed by atoms with Crippen molar-refractivity contribution in [3.8, 4) is 0 Å². The van der Waals surface area contributed by atoms with Gasteiger partial charge in [-0.2, -0.15) is 0 Å². The molecule has 0 aromatic heterocycles. The topological polar surface area (TPSA) is 21.3 Å². The second kappa shape index (κ2) is 6.61. The SMILES string of the molecule is CCCNC(C1CCCC1)C1CCOCC1. The smallest absolute Gasteiger partial charge is 0.0469 e. The average molecular weight is 225 g/mol. The average Bonchev–Trinajstić information content (AvgIpc) is 2.85. The zero-order chi connectivity index (χ0) is 11.2. The van der Waals surface area contributed by atoms with Crippen LogP contribution in [0, 0.1) is 11.8 Å². The van der Waals surface area contributed by atoms with Gasteiger partial charge in [-0.15, -0.1) is 0 Å². The summed E-state index contributed by atoms with van der Waals surface area (Å²) in [4.78, 5) is 0. The summed E-state index contributed by atoms with van der Waals surface area (Å²) in [5.74, 6) is 1.83. The lowest BCUT2D eigenvalue weighted by Crippen LogP contribution is -2.44. The second-order valence-corrected chi connectivity index (χ2v) is 5.47. The van der Waals surface area contributed by atoms with Gasteiger partial charge < -0.3 is 10.1 Å². The summed E-state index contributed by atoms with van der Waals surface area (Å²) in [6.45, 7) is 5.44. The van der Waals surface area contributed by atoms with E-state index in [9.17, 15) is 0 Å². The van der Waals surface area contributed by atoms with E-state index in [-0.39, 0.29) is 0 Å². The summed E-state index contributed by atoms with van der Waals surface area (Å²) in [7, 11) is 0. The molecule has 1 heterocycles. The largest absolute Gasteiger partial charge is 0.381 e. The lowest BCUT2D eigenvalue weighted by Gasteiger charge is -2.35. The summed E-state index contributed by atoms with van der Waals surface area (Å²) < 4.78 is 5.49. The van der Waals surface area contributed by atoms with Crippen molar-refractivity contribution >= 4 is 0 Å². The molecule has 2 aliphatic rings. The van der Waals surface area contributed by atoms with E-state index in [0.717, 1.165) is 31.1 Å². The number of hydrogen-bond donors (Lipinski definition) is 1. The molecule has 2 rings (SSSR count). The molecule has 1 unspecified atom stereocenters. The Kier molecular flexibility index (Phi) is 5.11. The minimum atomic E-state index is 0.784. The minimum absolute atomic E-state index is 0.784. The van der Waals surface area contributed by atoms with Gasteiger partial charge in [0.2, 0.25) is 0 Å². The fraction of sp³-hybridized carbons (Fsp3) is 1.00. The molecule has 1 aliphatic heterocycles. The van der Waals surface area contributed by atoms with Crippen LogP contribution in [0.15, 0.2) is 0 Å². The van der Waals surface area contributed by atoms with Gasteiger partial charge in [0.05, 0.1) is 0 Å². The first-order chi connectivity index (χ1) is 7.92. The van der Waals surface area contributed by atoms with Gasteiger partial charge in [-0.05, 0) is 50.5 Å². The van der Waals surface area contributed by atoms with Crippen LogP contribution >= 0.6 is 0 Å². The molecule has 0 spiro atoms. The molecule has 1 saturated heterocycles. The van der Waals surface area contributed by atoms with Gasteiger partial charge in [0.1, 0.15) is 0 Å². The molecule has 0 radical (unpaired) electrons. The number of nitrogens with one attached hydrogen (secondary N) is 1. The third-order valence-electron chi connectivity index (χ3n) is 4.31. The van der Waals surface area contributed by atoms with Crippen LogP contribution in [0.3, 0.4) is 0 Å². The Hall–Kier alpha value is -0.0800. The van der Waals surface area contributed by atoms with E-state index < -0.39 is 0 Å². The van der Waals surface area contributed by atoms with Gasteiger partial charge >= 0.3 is 0 Å². The molecular weight excluding hydrogens is 198 g/mol. The fourth-order valence-corrected chi connectivity index (χ4v) is 3.42. The van der Waals surface area contributed by atoms with Gasteiger partial charge in [0.25, 0.3) is 0 Å². The van der Waals surface area contributed by atoms with Crippen LogP contribution in [0.1, 0.15) is 51.9 Å². The molecule has 0 bridgehead atoms. The van der Waals surface area contributed by atoms with Crippen molar-refractivity contribution < 1.29 is 4.74 Å². The molecule has 1 saturated carbocycles. The summed E-state index contributed by atoms with van der Waals surface area (Å²) in [6.07, 6.45) is 9.63. The van der Waals surface area contributed by atoms with Crippen molar-refractivity contribution in [2.75, 3.05) is 19.8 Å². The van der Waals surface area contributed by atoms with Crippen LogP contribution in [0.2, 0.25) is 0 Å². The van der Waals surface area contributed by atoms with Gasteiger partial charge in [-0.1, -0.05) is 19.8 Å². The maximum atomic E-state index is 5.49. The summed E-state index contributed by atoms with van der Waals surface area (Å²) in [5.41, 5.74) is 0. The first-order valence-electron chi connectivity index (χ1n) is 7.23. The lowest BCUT2D eigenvalue weighted by atomic mass is 9.82. The Morgan fingerprint density at radius 3 is 2.31 bits per heavy atom. The normalized spacial score (nSPS) is 26.1. The highest BCUT2D eigenvalue weighted by atomic mass is 16.5. The maximum absolute atomic E-state index is 5.49. The van der Waals surface area contributed by atoms with Crippen molar-refractivity contribution in [3.05, 3.63) is 0 Å². The third-order valence-corrected chi connectivity index (χ3v) is 4.31. The van der Waals surface area contributed by atoms with Crippen molar-refractivity contribution in [1.29, 1.82) is 0 Å². The Labute approximate surface area is 100 Å². The highest BCUT2D eigenvalue weighted by Gasteiger charge is 2.31. The summed E-state index contributed by atoms with van der Waals surface area (Å²) in [5, 5.41) is 3.83. The Morgan fingerprint density at radius 2 is 1.69 bits per heavy atom. The van der Waals surface area contributed by atoms with E-state index in [1.807, 2.05) is 0 Å². The minimum Gasteiger partial charge on any atom is -0.381 e. The highest BCUT2D eigenvalue weighted by molar-refractivity contribution is 4.87. The van der Waals surface area contributed by atoms with Crippen LogP contribution in [-0.2, 0) is 4.74 Å². The molecule has 94 valence electrons. The molecule has 1 aliphatic carbocycles. The monoisotopic (exact) mass is 225 g/mol. The first kappa shape index (κ1) is 12.4. The number of ether oxygens (including phenoxy) is 1. The quantitative estimate of drug-likeness (QED) is 0.776. The van der Waals surface area contributed by atoms with Gasteiger partial charge in [-0.3, -0.25) is 0 Å². The van der Waals surface area contributed by atoms with E-state index in [0.29, 0.717) is 0 Å².